The van der Waals surface area contributed by atoms with Gasteiger partial charge in [0.1, 0.15) is 5.75 Å². The monoisotopic (exact) mass is 346 g/mol. The van der Waals surface area contributed by atoms with E-state index in [2.05, 4.69) is 4.99 Å². The highest BCUT2D eigenvalue weighted by Crippen LogP contribution is 2.36. The number of methoxy groups -OCH3 is 1. The first-order valence-corrected chi connectivity index (χ1v) is 7.90. The van der Waals surface area contributed by atoms with Crippen LogP contribution in [0.1, 0.15) is 16.9 Å². The number of rotatable bonds is 5. The Bertz CT molecular complexity index is 923. The first-order chi connectivity index (χ1) is 11.5. The number of aromatic nitrogens is 1. The molecule has 0 aliphatic carbocycles. The van der Waals surface area contributed by atoms with Crippen LogP contribution in [-0.2, 0) is 11.3 Å². The molecule has 2 heterocycles. The zero-order valence-electron chi connectivity index (χ0n) is 12.7. The number of allylic oxidation sites excluding steroid dienone is 1. The number of thiazole rings is 1. The van der Waals surface area contributed by atoms with Crippen LogP contribution in [0.3, 0.4) is 0 Å². The van der Waals surface area contributed by atoms with Crippen LogP contribution >= 0.6 is 11.3 Å². The summed E-state index contributed by atoms with van der Waals surface area (Å²) in [6.45, 7) is -0.0679. The normalized spacial score (nSPS) is 14.1. The van der Waals surface area contributed by atoms with Crippen molar-refractivity contribution in [3.8, 4) is 11.6 Å². The van der Waals surface area contributed by atoms with E-state index in [-0.39, 0.29) is 18.8 Å². The maximum Gasteiger partial charge on any atom is 0.310 e. The highest BCUT2D eigenvalue weighted by molar-refractivity contribution is 7.10. The average molecular weight is 346 g/mol. The second-order valence-corrected chi connectivity index (χ2v) is 6.09. The average Bonchev–Trinajstić information content (AvgIpc) is 3.07. The molecule has 2 N–H and O–H groups in total. The predicted octanol–water partition coefficient (Wildman–Crippen LogP) is 2.36. The van der Waals surface area contributed by atoms with Gasteiger partial charge in [-0.3, -0.25) is 19.1 Å². The summed E-state index contributed by atoms with van der Waals surface area (Å²) in [6, 6.07) is 5.46. The van der Waals surface area contributed by atoms with E-state index in [0.29, 0.717) is 10.6 Å². The largest absolute Gasteiger partial charge is 0.497 e. The molecule has 0 bridgehead atoms. The molecular weight excluding hydrogens is 332 g/mol. The van der Waals surface area contributed by atoms with Crippen LogP contribution in [0.15, 0.2) is 28.0 Å². The fraction of sp³-hybridized carbons (Fsp3) is 0.188. The molecule has 7 nitrogen and oxygen atoms in total. The quantitative estimate of drug-likeness (QED) is 0.865. The second kappa shape index (κ2) is 6.32. The first-order valence-electron chi connectivity index (χ1n) is 7.08. The van der Waals surface area contributed by atoms with Gasteiger partial charge in [-0.15, -0.1) is 0 Å². The molecule has 0 unspecified atom stereocenters. The minimum absolute atomic E-state index is 0.0679. The van der Waals surface area contributed by atoms with Crippen molar-refractivity contribution in [2.45, 2.75) is 13.0 Å². The lowest BCUT2D eigenvalue weighted by atomic mass is 10.1. The smallest absolute Gasteiger partial charge is 0.310 e. The first kappa shape index (κ1) is 16.0. The Morgan fingerprint density at radius 1 is 1.46 bits per heavy atom. The Balaban J connectivity index is 1.94. The predicted molar refractivity (Wildman–Crippen MR) is 91.5 cm³/mol. The van der Waals surface area contributed by atoms with Gasteiger partial charge in [-0.1, -0.05) is 11.3 Å². The van der Waals surface area contributed by atoms with Gasteiger partial charge in [0.15, 0.2) is 0 Å². The SMILES string of the molecule is COc1ccc2c(c1)N=CC2=Cc1sc(=O)n(CCC(=O)O)c1O. The Morgan fingerprint density at radius 3 is 2.96 bits per heavy atom. The topological polar surface area (TPSA) is 101 Å². The van der Waals surface area contributed by atoms with Crippen molar-refractivity contribution in [1.29, 1.82) is 0 Å². The van der Waals surface area contributed by atoms with Gasteiger partial charge >= 0.3 is 10.8 Å². The number of aromatic hydroxyl groups is 1. The molecule has 0 atom stereocenters. The number of hydrogen-bond donors (Lipinski definition) is 2. The minimum atomic E-state index is -1.03. The van der Waals surface area contributed by atoms with Crippen molar-refractivity contribution in [3.63, 3.8) is 0 Å². The van der Waals surface area contributed by atoms with E-state index in [1.165, 1.54) is 0 Å². The summed E-state index contributed by atoms with van der Waals surface area (Å²) < 4.78 is 6.22. The van der Waals surface area contributed by atoms with Crippen molar-refractivity contribution < 1.29 is 19.7 Å². The number of fused-ring (bicyclic) bond motifs is 1. The van der Waals surface area contributed by atoms with E-state index >= 15 is 0 Å². The minimum Gasteiger partial charge on any atom is -0.497 e. The van der Waals surface area contributed by atoms with Crippen LogP contribution in [0.25, 0.3) is 11.6 Å². The van der Waals surface area contributed by atoms with E-state index in [1.807, 2.05) is 12.1 Å². The summed E-state index contributed by atoms with van der Waals surface area (Å²) in [6.07, 6.45) is 3.08. The molecule has 0 radical (unpaired) electrons. The van der Waals surface area contributed by atoms with Crippen molar-refractivity contribution in [3.05, 3.63) is 38.3 Å². The molecule has 0 saturated heterocycles. The zero-order chi connectivity index (χ0) is 17.3. The van der Waals surface area contributed by atoms with Gasteiger partial charge in [-0.05, 0) is 18.2 Å². The van der Waals surface area contributed by atoms with Crippen molar-refractivity contribution in [2.24, 2.45) is 4.99 Å². The summed E-state index contributed by atoms with van der Waals surface area (Å²) in [5, 5.41) is 18.9. The molecule has 1 aromatic heterocycles. The van der Waals surface area contributed by atoms with Crippen molar-refractivity contribution >= 4 is 40.9 Å². The summed E-state index contributed by atoms with van der Waals surface area (Å²) in [5.41, 5.74) is 2.38. The maximum absolute atomic E-state index is 11.9. The third-order valence-electron chi connectivity index (χ3n) is 3.59. The lowest BCUT2D eigenvalue weighted by Gasteiger charge is -2.03. The summed E-state index contributed by atoms with van der Waals surface area (Å²) in [5.74, 6) is -0.563. The Labute approximate surface area is 140 Å². The fourth-order valence-corrected chi connectivity index (χ4v) is 3.23. The molecule has 0 fully saturated rings. The number of nitrogens with zero attached hydrogens (tertiary/aromatic N) is 2. The number of carboxylic acid groups (broad SMARTS) is 1. The molecule has 24 heavy (non-hydrogen) atoms. The lowest BCUT2D eigenvalue weighted by Crippen LogP contribution is -2.14. The van der Waals surface area contributed by atoms with Crippen LogP contribution < -0.4 is 9.61 Å². The number of aliphatic carboxylic acids is 1. The number of ether oxygens (including phenoxy) is 1. The van der Waals surface area contributed by atoms with E-state index in [1.54, 1.807) is 25.5 Å². The van der Waals surface area contributed by atoms with Gasteiger partial charge in [0.25, 0.3) is 0 Å². The number of carboxylic acids is 1. The van der Waals surface area contributed by atoms with E-state index in [0.717, 1.165) is 32.7 Å². The van der Waals surface area contributed by atoms with Gasteiger partial charge in [-0.25, -0.2) is 0 Å². The lowest BCUT2D eigenvalue weighted by molar-refractivity contribution is -0.137. The van der Waals surface area contributed by atoms with Gasteiger partial charge in [0.2, 0.25) is 5.88 Å². The molecule has 124 valence electrons. The molecule has 0 amide bonds. The second-order valence-electron chi connectivity index (χ2n) is 5.09. The molecule has 1 aliphatic rings. The summed E-state index contributed by atoms with van der Waals surface area (Å²) in [4.78, 5) is 26.8. The zero-order valence-corrected chi connectivity index (χ0v) is 13.5. The molecule has 3 rings (SSSR count). The Kier molecular flexibility index (Phi) is 4.22. The fourth-order valence-electron chi connectivity index (χ4n) is 2.37. The van der Waals surface area contributed by atoms with Crippen molar-refractivity contribution in [2.75, 3.05) is 7.11 Å². The molecule has 8 heteroatoms. The van der Waals surface area contributed by atoms with Crippen LogP contribution in [0.5, 0.6) is 11.6 Å². The van der Waals surface area contributed by atoms with Crippen LogP contribution in [0.2, 0.25) is 0 Å². The number of hydrogen-bond acceptors (Lipinski definition) is 6. The highest BCUT2D eigenvalue weighted by atomic mass is 32.1. The number of aliphatic imine (C=N–C) groups is 1. The molecular formula is C16H14N2O5S. The molecule has 1 aromatic carbocycles. The Hall–Kier alpha value is -2.87. The standard InChI is InChI=1S/C16H14N2O5S/c1-23-10-2-3-11-9(8-17-12(11)7-10)6-13-15(21)18(16(22)24-13)5-4-14(19)20/h2-3,6-8,21H,4-5H2,1H3,(H,19,20). The van der Waals surface area contributed by atoms with Gasteiger partial charge < -0.3 is 14.9 Å². The molecule has 0 saturated carbocycles. The van der Waals surface area contributed by atoms with Crippen LogP contribution in [0, 0.1) is 0 Å². The summed E-state index contributed by atoms with van der Waals surface area (Å²) in [7, 11) is 1.58. The van der Waals surface area contributed by atoms with Gasteiger partial charge in [0.05, 0.1) is 24.1 Å². The third-order valence-corrected chi connectivity index (χ3v) is 4.50. The summed E-state index contributed by atoms with van der Waals surface area (Å²) >= 11 is 0.864. The van der Waals surface area contributed by atoms with E-state index < -0.39 is 10.8 Å². The van der Waals surface area contributed by atoms with Crippen LogP contribution in [0.4, 0.5) is 5.69 Å². The maximum atomic E-state index is 11.9. The van der Waals surface area contributed by atoms with Crippen LogP contribution in [-0.4, -0.2) is 34.1 Å². The van der Waals surface area contributed by atoms with E-state index in [9.17, 15) is 14.7 Å². The number of benzene rings is 1. The number of carbonyl (C=O) groups is 1. The highest BCUT2D eigenvalue weighted by Gasteiger charge is 2.17. The van der Waals surface area contributed by atoms with E-state index in [4.69, 9.17) is 9.84 Å². The third kappa shape index (κ3) is 2.95. The molecule has 2 aromatic rings. The van der Waals surface area contributed by atoms with Gasteiger partial charge in [0, 0.05) is 30.0 Å². The Morgan fingerprint density at radius 2 is 2.25 bits per heavy atom. The van der Waals surface area contributed by atoms with Crippen molar-refractivity contribution in [1.82, 2.24) is 4.57 Å². The molecule has 1 aliphatic heterocycles. The molecule has 0 spiro atoms. The van der Waals surface area contributed by atoms with Gasteiger partial charge in [-0.2, -0.15) is 0 Å².